The van der Waals surface area contributed by atoms with Crippen LogP contribution in [0.25, 0.3) is 0 Å². The number of ether oxygens (including phenoxy) is 2. The van der Waals surface area contributed by atoms with E-state index in [1.807, 2.05) is 6.08 Å². The predicted molar refractivity (Wildman–Crippen MR) is 231 cm³/mol. The molecule has 1 rings (SSSR count). The Bertz CT molecular complexity index is 888. The zero-order valence-electron chi connectivity index (χ0n) is 36.4. The summed E-state index contributed by atoms with van der Waals surface area (Å²) in [5.41, 5.74) is 0. The molecule has 0 aliphatic carbocycles. The van der Waals surface area contributed by atoms with Crippen LogP contribution in [0.2, 0.25) is 0 Å². The van der Waals surface area contributed by atoms with Gasteiger partial charge in [0.05, 0.1) is 25.4 Å². The average molecular weight is 798 g/mol. The predicted octanol–water partition coefficient (Wildman–Crippen LogP) is 10.1. The summed E-state index contributed by atoms with van der Waals surface area (Å²) in [6.07, 6.45) is 36.8. The Morgan fingerprint density at radius 1 is 0.589 bits per heavy atom. The van der Waals surface area contributed by atoms with Gasteiger partial charge in [-0.3, -0.25) is 4.79 Å². The Labute approximate surface area is 344 Å². The van der Waals surface area contributed by atoms with E-state index in [2.05, 4.69) is 19.2 Å². The molecule has 6 N–H and O–H groups in total. The first-order chi connectivity index (χ1) is 27.3. The first-order valence-electron chi connectivity index (χ1n) is 23.9. The van der Waals surface area contributed by atoms with Crippen molar-refractivity contribution < 1.29 is 39.8 Å². The summed E-state index contributed by atoms with van der Waals surface area (Å²) in [5.74, 6) is -0.173. The fraction of sp³-hybridized carbons (Fsp3) is 0.936. The van der Waals surface area contributed by atoms with Crippen LogP contribution in [-0.2, 0) is 14.3 Å². The third-order valence-corrected chi connectivity index (χ3v) is 11.6. The van der Waals surface area contributed by atoms with Gasteiger partial charge in [-0.15, -0.1) is 0 Å². The van der Waals surface area contributed by atoms with Crippen molar-refractivity contribution in [1.29, 1.82) is 0 Å². The number of aliphatic hydroxyl groups excluding tert-OH is 5. The Kier molecular flexibility index (Phi) is 36.1. The van der Waals surface area contributed by atoms with Crippen molar-refractivity contribution in [1.82, 2.24) is 5.32 Å². The number of carbonyl (C=O) groups is 1. The monoisotopic (exact) mass is 798 g/mol. The fourth-order valence-electron chi connectivity index (χ4n) is 7.75. The molecule has 1 aliphatic heterocycles. The molecule has 7 atom stereocenters. The van der Waals surface area contributed by atoms with E-state index in [1.165, 1.54) is 167 Å². The van der Waals surface area contributed by atoms with E-state index in [0.717, 1.165) is 38.5 Å². The number of carbonyl (C=O) groups excluding carboxylic acids is 1. The highest BCUT2D eigenvalue weighted by Crippen LogP contribution is 2.23. The maximum atomic E-state index is 13.0. The van der Waals surface area contributed by atoms with Crippen molar-refractivity contribution in [2.75, 3.05) is 13.2 Å². The van der Waals surface area contributed by atoms with Crippen molar-refractivity contribution in [3.8, 4) is 0 Å². The quantitative estimate of drug-likeness (QED) is 0.0265. The molecule has 0 bridgehead atoms. The van der Waals surface area contributed by atoms with Crippen LogP contribution in [-0.4, -0.2) is 87.5 Å². The lowest BCUT2D eigenvalue weighted by atomic mass is 9.99. The zero-order chi connectivity index (χ0) is 40.9. The maximum Gasteiger partial charge on any atom is 0.220 e. The molecule has 0 aromatic heterocycles. The number of aliphatic hydroxyl groups is 5. The highest BCUT2D eigenvalue weighted by molar-refractivity contribution is 5.76. The van der Waals surface area contributed by atoms with Crippen molar-refractivity contribution in [3.63, 3.8) is 0 Å². The van der Waals surface area contributed by atoms with E-state index in [-0.39, 0.29) is 12.5 Å². The Morgan fingerprint density at radius 3 is 1.39 bits per heavy atom. The largest absolute Gasteiger partial charge is 0.394 e. The second kappa shape index (κ2) is 38.2. The molecule has 1 amide bonds. The number of hydrogen-bond donors (Lipinski definition) is 6. The van der Waals surface area contributed by atoms with E-state index in [4.69, 9.17) is 9.47 Å². The summed E-state index contributed by atoms with van der Waals surface area (Å²) >= 11 is 0. The van der Waals surface area contributed by atoms with Gasteiger partial charge in [-0.2, -0.15) is 0 Å². The first kappa shape index (κ1) is 52.9. The molecule has 0 radical (unpaired) electrons. The lowest BCUT2D eigenvalue weighted by Gasteiger charge is -2.40. The highest BCUT2D eigenvalue weighted by atomic mass is 16.7. The molecule has 2 unspecified atom stereocenters. The van der Waals surface area contributed by atoms with Gasteiger partial charge in [0.25, 0.3) is 0 Å². The number of rotatable bonds is 40. The lowest BCUT2D eigenvalue weighted by Crippen LogP contribution is -2.60. The van der Waals surface area contributed by atoms with Crippen LogP contribution in [0, 0.1) is 0 Å². The summed E-state index contributed by atoms with van der Waals surface area (Å²) in [7, 11) is 0. The summed E-state index contributed by atoms with van der Waals surface area (Å²) in [6.45, 7) is 3.79. The molecule has 0 spiro atoms. The molecule has 9 heteroatoms. The van der Waals surface area contributed by atoms with Gasteiger partial charge in [0.15, 0.2) is 6.29 Å². The fourth-order valence-corrected chi connectivity index (χ4v) is 7.75. The Morgan fingerprint density at radius 2 is 0.982 bits per heavy atom. The van der Waals surface area contributed by atoms with Gasteiger partial charge in [0, 0.05) is 6.42 Å². The van der Waals surface area contributed by atoms with Crippen LogP contribution in [0.4, 0.5) is 0 Å². The highest BCUT2D eigenvalue weighted by Gasteiger charge is 2.44. The number of nitrogens with one attached hydrogen (secondary N) is 1. The molecular weight excluding hydrogens is 707 g/mol. The topological polar surface area (TPSA) is 149 Å². The molecule has 0 aromatic carbocycles. The van der Waals surface area contributed by atoms with E-state index in [9.17, 15) is 30.3 Å². The van der Waals surface area contributed by atoms with Crippen molar-refractivity contribution >= 4 is 5.91 Å². The smallest absolute Gasteiger partial charge is 0.220 e. The standard InChI is InChI=1S/C47H91NO8/c1-3-5-7-9-11-13-15-17-19-20-21-23-25-27-29-31-33-35-37-43(51)48-40(39-55-47-46(54)45(53)44(52)42(38-49)56-47)41(50)36-34-32-30-28-26-24-22-18-16-14-12-10-8-6-4-2/h34,36,40-42,44-47,49-50,52-54H,3-33,35,37-39H2,1-2H3,(H,48,51)/b36-34+/t40-,41+,42-,44-,45?,46?,47-/m0/s1. The normalized spacial score (nSPS) is 21.2. The van der Waals surface area contributed by atoms with E-state index >= 15 is 0 Å². The van der Waals surface area contributed by atoms with Crippen LogP contribution in [0.15, 0.2) is 12.2 Å². The molecular formula is C47H91NO8. The second-order valence-corrected chi connectivity index (χ2v) is 16.9. The first-order valence-corrected chi connectivity index (χ1v) is 23.9. The minimum absolute atomic E-state index is 0.173. The van der Waals surface area contributed by atoms with Crippen LogP contribution >= 0.6 is 0 Å². The van der Waals surface area contributed by atoms with Crippen molar-refractivity contribution in [2.45, 2.75) is 269 Å². The molecule has 332 valence electrons. The average Bonchev–Trinajstić information content (AvgIpc) is 3.20. The second-order valence-electron chi connectivity index (χ2n) is 16.9. The summed E-state index contributed by atoms with van der Waals surface area (Å²) in [4.78, 5) is 13.0. The van der Waals surface area contributed by atoms with Gasteiger partial charge >= 0.3 is 0 Å². The third kappa shape index (κ3) is 28.4. The molecule has 9 nitrogen and oxygen atoms in total. The third-order valence-electron chi connectivity index (χ3n) is 11.6. The van der Waals surface area contributed by atoms with Gasteiger partial charge in [-0.25, -0.2) is 0 Å². The van der Waals surface area contributed by atoms with Gasteiger partial charge < -0.3 is 40.3 Å². The SMILES string of the molecule is CCCCCCCCCCCCCCC/C=C/[C@@H](O)[C@H](CO[C@H]1O[C@@H](CO)[C@H](O)C(O)C1O)NC(=O)CCCCCCCCCCCCCCCCCCCC. The molecule has 0 aromatic rings. The Balaban J connectivity index is 2.32. The van der Waals surface area contributed by atoms with E-state index < -0.39 is 49.5 Å². The van der Waals surface area contributed by atoms with E-state index in [0.29, 0.717) is 6.42 Å². The van der Waals surface area contributed by atoms with Crippen LogP contribution in [0.3, 0.4) is 0 Å². The van der Waals surface area contributed by atoms with Crippen LogP contribution < -0.4 is 5.32 Å². The zero-order valence-corrected chi connectivity index (χ0v) is 36.4. The number of amides is 1. The molecule has 56 heavy (non-hydrogen) atoms. The number of hydrogen-bond acceptors (Lipinski definition) is 8. The van der Waals surface area contributed by atoms with Crippen molar-refractivity contribution in [2.24, 2.45) is 0 Å². The van der Waals surface area contributed by atoms with Gasteiger partial charge in [-0.1, -0.05) is 212 Å². The molecule has 1 saturated heterocycles. The number of unbranched alkanes of at least 4 members (excludes halogenated alkanes) is 30. The van der Waals surface area contributed by atoms with E-state index in [1.54, 1.807) is 6.08 Å². The molecule has 1 aliphatic rings. The minimum atomic E-state index is -1.56. The van der Waals surface area contributed by atoms with Crippen molar-refractivity contribution in [3.05, 3.63) is 12.2 Å². The molecule has 1 heterocycles. The maximum absolute atomic E-state index is 13.0. The van der Waals surface area contributed by atoms with Crippen LogP contribution in [0.1, 0.15) is 226 Å². The van der Waals surface area contributed by atoms with Crippen LogP contribution in [0.5, 0.6) is 0 Å². The molecule has 0 saturated carbocycles. The van der Waals surface area contributed by atoms with Gasteiger partial charge in [-0.05, 0) is 19.3 Å². The summed E-state index contributed by atoms with van der Waals surface area (Å²) in [5, 5.41) is 54.2. The summed E-state index contributed by atoms with van der Waals surface area (Å²) < 4.78 is 11.2. The van der Waals surface area contributed by atoms with Gasteiger partial charge in [0.1, 0.15) is 24.4 Å². The number of allylic oxidation sites excluding steroid dienone is 1. The Hall–Kier alpha value is -1.07. The lowest BCUT2D eigenvalue weighted by molar-refractivity contribution is -0.302. The minimum Gasteiger partial charge on any atom is -0.394 e. The van der Waals surface area contributed by atoms with Gasteiger partial charge in [0.2, 0.25) is 5.91 Å². The summed E-state index contributed by atoms with van der Waals surface area (Å²) in [6, 6.07) is -0.798. The molecule has 1 fully saturated rings.